The molecule has 33 valence electrons. The van der Waals surface area contributed by atoms with Crippen LogP contribution in [0.2, 0.25) is 0 Å². The van der Waals surface area contributed by atoms with Crippen LogP contribution in [0.3, 0.4) is 0 Å². The van der Waals surface area contributed by atoms with Crippen LogP contribution in [0, 0.1) is 0 Å². The van der Waals surface area contributed by atoms with Gasteiger partial charge in [0.15, 0.2) is 0 Å². The van der Waals surface area contributed by atoms with Crippen LogP contribution in [0.5, 0.6) is 0 Å². The van der Waals surface area contributed by atoms with E-state index >= 15 is 0 Å². The maximum absolute atomic E-state index is 5.36. The van der Waals surface area contributed by atoms with Gasteiger partial charge >= 0.3 is 0 Å². The van der Waals surface area contributed by atoms with E-state index in [2.05, 4.69) is 0 Å². The molecule has 0 amide bonds. The third kappa shape index (κ3) is 2.56. The summed E-state index contributed by atoms with van der Waals surface area (Å²) in [6.07, 6.45) is 0. The van der Waals surface area contributed by atoms with Gasteiger partial charge in [-0.25, -0.2) is 0 Å². The molecule has 0 unspecified atom stereocenters. The molecule has 0 bridgehead atoms. The van der Waals surface area contributed by atoms with Crippen molar-refractivity contribution in [2.75, 3.05) is 0 Å². The Bertz CT molecular complexity index is 138. The molecule has 0 aliphatic rings. The molecular weight excluding hydrogens is 106 g/mol. The van der Waals surface area contributed by atoms with Gasteiger partial charge in [0.25, 0.3) is 0 Å². The minimum Gasteiger partial charge on any atom is -0.0967 e. The van der Waals surface area contributed by atoms with Gasteiger partial charge in [-0.05, 0) is 0 Å². The minimum atomic E-state index is 0. The monoisotopic (exact) mass is 111 g/mol. The van der Waals surface area contributed by atoms with E-state index in [1.807, 2.05) is 30.3 Å². The summed E-state index contributed by atoms with van der Waals surface area (Å²) in [6, 6.07) is 9.49. The van der Waals surface area contributed by atoms with Gasteiger partial charge in [0.2, 0.25) is 0 Å². The van der Waals surface area contributed by atoms with E-state index in [4.69, 9.17) is 7.85 Å². The predicted octanol–water partition coefficient (Wildman–Crippen LogP) is 0.0996. The van der Waals surface area contributed by atoms with Gasteiger partial charge in [-0.2, -0.15) is 0 Å². The molecule has 1 rings (SSSR count). The quantitative estimate of drug-likeness (QED) is 0.416. The third-order valence-electron chi connectivity index (χ3n) is 0.800. The van der Waals surface area contributed by atoms with Crippen LogP contribution in [0.15, 0.2) is 30.3 Å². The van der Waals surface area contributed by atoms with Gasteiger partial charge in [-0.15, -0.1) is 0 Å². The molecule has 8 heavy (non-hydrogen) atoms. The van der Waals surface area contributed by atoms with Crippen molar-refractivity contribution in [2.24, 2.45) is 0 Å². The normalized spacial score (nSPS) is 7.50. The smallest absolute Gasteiger partial charge is 0.0967 e. The molecule has 0 saturated heterocycles. The number of rotatable bonds is 0. The van der Waals surface area contributed by atoms with Crippen LogP contribution in [-0.2, 0) is 0 Å². The van der Waals surface area contributed by atoms with Gasteiger partial charge < -0.3 is 0 Å². The van der Waals surface area contributed by atoms with Crippen LogP contribution >= 0.6 is 0 Å². The molecule has 0 aromatic heterocycles. The van der Waals surface area contributed by atoms with Crippen molar-refractivity contribution in [1.29, 1.82) is 0 Å². The molecular formula is C6H5BNa. The Balaban J connectivity index is 0.000000490. The van der Waals surface area contributed by atoms with Crippen LogP contribution in [-0.4, -0.2) is 37.4 Å². The molecule has 0 heterocycles. The average molecular weight is 111 g/mol. The predicted molar refractivity (Wildman–Crippen MR) is 37.6 cm³/mol. The van der Waals surface area contributed by atoms with Gasteiger partial charge in [0.1, 0.15) is 7.85 Å². The fraction of sp³-hybridized carbons (Fsp3) is 0. The molecule has 2 heteroatoms. The minimum absolute atomic E-state index is 0. The van der Waals surface area contributed by atoms with Crippen molar-refractivity contribution in [1.82, 2.24) is 0 Å². The van der Waals surface area contributed by atoms with Gasteiger partial charge in [0.05, 0.1) is 0 Å². The number of hydrogen-bond acceptors (Lipinski definition) is 0. The zero-order valence-corrected chi connectivity index (χ0v) is 6.96. The maximum atomic E-state index is 5.36. The second kappa shape index (κ2) is 4.19. The van der Waals surface area contributed by atoms with Gasteiger partial charge in [-0.3, -0.25) is 0 Å². The molecule has 0 atom stereocenters. The largest absolute Gasteiger partial charge is 0.113 e. The summed E-state index contributed by atoms with van der Waals surface area (Å²) in [7, 11) is 5.36. The summed E-state index contributed by atoms with van der Waals surface area (Å²) in [5.74, 6) is 0. The first-order valence-corrected chi connectivity index (χ1v) is 2.20. The first-order valence-electron chi connectivity index (χ1n) is 2.20. The Morgan fingerprint density at radius 1 is 1.00 bits per heavy atom. The summed E-state index contributed by atoms with van der Waals surface area (Å²) in [6.45, 7) is 0. The van der Waals surface area contributed by atoms with E-state index in [9.17, 15) is 0 Å². The van der Waals surface area contributed by atoms with Gasteiger partial charge in [-0.1, -0.05) is 35.8 Å². The van der Waals surface area contributed by atoms with Crippen LogP contribution in [0.1, 0.15) is 0 Å². The Morgan fingerprint density at radius 2 is 1.50 bits per heavy atom. The standard InChI is InChI=1S/C6H5B.Na/c7-6-4-2-1-3-5-6;/h1-5H;. The summed E-state index contributed by atoms with van der Waals surface area (Å²) >= 11 is 0. The summed E-state index contributed by atoms with van der Waals surface area (Å²) in [4.78, 5) is 0. The fourth-order valence-electron chi connectivity index (χ4n) is 0.453. The molecule has 0 aliphatic carbocycles. The molecule has 1 aromatic carbocycles. The van der Waals surface area contributed by atoms with E-state index in [-0.39, 0.29) is 29.6 Å². The van der Waals surface area contributed by atoms with Crippen LogP contribution < -0.4 is 5.46 Å². The summed E-state index contributed by atoms with van der Waals surface area (Å²) in [5.41, 5.74) is 0.822. The zero-order valence-electron chi connectivity index (χ0n) is 4.96. The SMILES string of the molecule is [B]c1ccccc1.[Na]. The Kier molecular flexibility index (Phi) is 4.34. The van der Waals surface area contributed by atoms with Crippen LogP contribution in [0.4, 0.5) is 0 Å². The summed E-state index contributed by atoms with van der Waals surface area (Å²) in [5, 5.41) is 0. The number of hydrogen-bond donors (Lipinski definition) is 0. The second-order valence-electron chi connectivity index (χ2n) is 1.41. The topological polar surface area (TPSA) is 0 Å². The molecule has 1 aromatic rings. The van der Waals surface area contributed by atoms with E-state index in [1.165, 1.54) is 0 Å². The van der Waals surface area contributed by atoms with Crippen LogP contribution in [0.25, 0.3) is 0 Å². The Labute approximate surface area is 73.0 Å². The van der Waals surface area contributed by atoms with Crippen molar-refractivity contribution >= 4 is 42.9 Å². The first kappa shape index (κ1) is 8.28. The van der Waals surface area contributed by atoms with Crippen molar-refractivity contribution < 1.29 is 0 Å². The average Bonchev–Trinajstić information content (AvgIpc) is 1.69. The molecule has 0 fully saturated rings. The molecule has 0 saturated carbocycles. The van der Waals surface area contributed by atoms with E-state index < -0.39 is 0 Å². The second-order valence-corrected chi connectivity index (χ2v) is 1.41. The Hall–Kier alpha value is 0.285. The first-order chi connectivity index (χ1) is 3.39. The van der Waals surface area contributed by atoms with E-state index in [1.54, 1.807) is 0 Å². The third-order valence-corrected chi connectivity index (χ3v) is 0.800. The summed E-state index contributed by atoms with van der Waals surface area (Å²) < 4.78 is 0. The van der Waals surface area contributed by atoms with Crippen molar-refractivity contribution in [3.63, 3.8) is 0 Å². The molecule has 0 aliphatic heterocycles. The van der Waals surface area contributed by atoms with E-state index in [0.717, 1.165) is 5.46 Å². The molecule has 0 spiro atoms. The Morgan fingerprint density at radius 3 is 1.75 bits per heavy atom. The molecule has 0 nitrogen and oxygen atoms in total. The van der Waals surface area contributed by atoms with Crippen molar-refractivity contribution in [2.45, 2.75) is 0 Å². The van der Waals surface area contributed by atoms with Gasteiger partial charge in [0, 0.05) is 29.6 Å². The zero-order chi connectivity index (χ0) is 5.11. The van der Waals surface area contributed by atoms with E-state index in [0.29, 0.717) is 0 Å². The molecule has 3 radical (unpaired) electrons. The van der Waals surface area contributed by atoms with Crippen molar-refractivity contribution in [3.8, 4) is 0 Å². The number of benzene rings is 1. The maximum Gasteiger partial charge on any atom is 0.113 e. The van der Waals surface area contributed by atoms with Crippen molar-refractivity contribution in [3.05, 3.63) is 30.3 Å². The fourth-order valence-corrected chi connectivity index (χ4v) is 0.453. The molecule has 0 N–H and O–H groups in total.